The van der Waals surface area contributed by atoms with Crippen LogP contribution in [0.1, 0.15) is 22.8 Å². The SMILES string of the molecule is CCO/C=C/c1ccc(-c2cc3c(C(=O)NC)c(-c4ccc(F)cc4)oc3cc2N(C)SC)nc1-c1cc2c(F)cccc2[nH]1. The number of fused-ring (bicyclic) bond motifs is 2. The normalized spacial score (nSPS) is 11.5. The van der Waals surface area contributed by atoms with Crippen LogP contribution in [0.15, 0.2) is 83.5 Å². The Morgan fingerprint density at radius 2 is 1.89 bits per heavy atom. The van der Waals surface area contributed by atoms with Gasteiger partial charge in [0.05, 0.1) is 41.2 Å². The molecule has 0 unspecified atom stereocenters. The van der Waals surface area contributed by atoms with Crippen molar-refractivity contribution >= 4 is 51.5 Å². The highest BCUT2D eigenvalue weighted by Gasteiger charge is 2.25. The number of carbonyl (C=O) groups excluding carboxylic acids is 1. The monoisotopic (exact) mass is 624 g/mol. The van der Waals surface area contributed by atoms with Crippen LogP contribution in [-0.4, -0.2) is 42.8 Å². The molecule has 0 saturated carbocycles. The van der Waals surface area contributed by atoms with Crippen LogP contribution in [0.2, 0.25) is 0 Å². The number of ether oxygens (including phenoxy) is 1. The molecule has 0 atom stereocenters. The molecule has 228 valence electrons. The number of aromatic nitrogens is 2. The Morgan fingerprint density at radius 3 is 2.60 bits per heavy atom. The number of furan rings is 1. The molecule has 3 aromatic carbocycles. The number of hydrogen-bond acceptors (Lipinski definition) is 6. The molecule has 0 radical (unpaired) electrons. The van der Waals surface area contributed by atoms with Gasteiger partial charge >= 0.3 is 0 Å². The minimum Gasteiger partial charge on any atom is -0.501 e. The summed E-state index contributed by atoms with van der Waals surface area (Å²) in [5.74, 6) is -0.716. The van der Waals surface area contributed by atoms with Gasteiger partial charge in [0, 0.05) is 59.4 Å². The molecule has 0 aliphatic rings. The quantitative estimate of drug-likeness (QED) is 0.124. The van der Waals surface area contributed by atoms with Gasteiger partial charge in [-0.2, -0.15) is 0 Å². The average Bonchev–Trinajstić information content (AvgIpc) is 3.66. The highest BCUT2D eigenvalue weighted by atomic mass is 32.2. The number of H-pyrrole nitrogens is 1. The summed E-state index contributed by atoms with van der Waals surface area (Å²) in [5, 5.41) is 3.76. The Bertz CT molecular complexity index is 2070. The predicted octanol–water partition coefficient (Wildman–Crippen LogP) is 8.67. The number of rotatable bonds is 9. The van der Waals surface area contributed by atoms with Crippen LogP contribution < -0.4 is 9.62 Å². The minimum absolute atomic E-state index is 0.328. The van der Waals surface area contributed by atoms with E-state index in [4.69, 9.17) is 14.1 Å². The van der Waals surface area contributed by atoms with Crippen LogP contribution in [0.3, 0.4) is 0 Å². The number of benzene rings is 3. The summed E-state index contributed by atoms with van der Waals surface area (Å²) in [7, 11) is 3.48. The number of nitrogens with zero attached hydrogens (tertiary/aromatic N) is 2. The van der Waals surface area contributed by atoms with Crippen molar-refractivity contribution in [3.8, 4) is 34.0 Å². The van der Waals surface area contributed by atoms with Gasteiger partial charge in [0.1, 0.15) is 23.0 Å². The fourth-order valence-corrected chi connectivity index (χ4v) is 5.63. The number of aromatic amines is 1. The summed E-state index contributed by atoms with van der Waals surface area (Å²) >= 11 is 1.50. The van der Waals surface area contributed by atoms with Crippen LogP contribution in [0.5, 0.6) is 0 Å². The maximum Gasteiger partial charge on any atom is 0.255 e. The lowest BCUT2D eigenvalue weighted by atomic mass is 10.00. The molecule has 0 spiro atoms. The number of carbonyl (C=O) groups is 1. The van der Waals surface area contributed by atoms with Crippen molar-refractivity contribution in [2.24, 2.45) is 0 Å². The Kier molecular flexibility index (Phi) is 8.32. The van der Waals surface area contributed by atoms with Crippen LogP contribution in [-0.2, 0) is 4.74 Å². The lowest BCUT2D eigenvalue weighted by Crippen LogP contribution is -2.18. The van der Waals surface area contributed by atoms with E-state index < -0.39 is 0 Å². The number of hydrogen-bond donors (Lipinski definition) is 2. The van der Waals surface area contributed by atoms with E-state index in [1.165, 1.54) is 30.1 Å². The molecule has 1 amide bonds. The molecule has 0 aliphatic carbocycles. The van der Waals surface area contributed by atoms with Crippen LogP contribution in [0, 0.1) is 11.6 Å². The first-order valence-electron chi connectivity index (χ1n) is 14.3. The lowest BCUT2D eigenvalue weighted by molar-refractivity contribution is 0.0964. The van der Waals surface area contributed by atoms with E-state index >= 15 is 0 Å². The lowest BCUT2D eigenvalue weighted by Gasteiger charge is -2.20. The van der Waals surface area contributed by atoms with E-state index in [9.17, 15) is 13.6 Å². The summed E-state index contributed by atoms with van der Waals surface area (Å²) in [6, 6.07) is 20.1. The Hall–Kier alpha value is -5.09. The van der Waals surface area contributed by atoms with Gasteiger partial charge in [0.25, 0.3) is 5.91 Å². The molecule has 0 fully saturated rings. The second-order valence-corrected chi connectivity index (χ2v) is 11.1. The largest absolute Gasteiger partial charge is 0.501 e. The van der Waals surface area contributed by atoms with Crippen molar-refractivity contribution in [1.82, 2.24) is 15.3 Å². The standard InChI is InChI=1S/C35H30F2N4O3S/c1-5-43-16-15-20-11-14-28(40-33(20)29-18-23-26(37)7-6-8-27(23)39-29)24-17-25-31(19-30(24)41(3)45-4)44-34(32(25)35(42)38-2)21-9-12-22(36)13-10-21/h6-19,39H,5H2,1-4H3,(H,38,42)/b16-15+. The zero-order chi connectivity index (χ0) is 31.7. The molecular formula is C35H30F2N4O3S. The van der Waals surface area contributed by atoms with E-state index in [0.717, 1.165) is 16.8 Å². The molecule has 6 aromatic rings. The van der Waals surface area contributed by atoms with Gasteiger partial charge in [0.2, 0.25) is 0 Å². The van der Waals surface area contributed by atoms with Crippen LogP contribution in [0.4, 0.5) is 14.5 Å². The highest BCUT2D eigenvalue weighted by Crippen LogP contribution is 2.42. The van der Waals surface area contributed by atoms with Crippen LogP contribution in [0.25, 0.3) is 61.9 Å². The third kappa shape index (κ3) is 5.64. The smallest absolute Gasteiger partial charge is 0.255 e. The Labute approximate surface area is 263 Å². The van der Waals surface area contributed by atoms with Gasteiger partial charge in [-0.1, -0.05) is 24.1 Å². The fourth-order valence-electron chi connectivity index (χ4n) is 5.28. The molecule has 6 rings (SSSR count). The molecule has 2 N–H and O–H groups in total. The molecule has 0 bridgehead atoms. The molecule has 0 aliphatic heterocycles. The van der Waals surface area contributed by atoms with Gasteiger partial charge in [-0.15, -0.1) is 0 Å². The van der Waals surface area contributed by atoms with Crippen molar-refractivity contribution in [1.29, 1.82) is 0 Å². The van der Waals surface area contributed by atoms with E-state index in [1.54, 1.807) is 37.6 Å². The highest BCUT2D eigenvalue weighted by molar-refractivity contribution is 7.99. The molecule has 0 saturated heterocycles. The van der Waals surface area contributed by atoms with E-state index in [-0.39, 0.29) is 17.5 Å². The van der Waals surface area contributed by atoms with Gasteiger partial charge < -0.3 is 23.8 Å². The molecule has 7 nitrogen and oxygen atoms in total. The minimum atomic E-state index is -0.387. The molecular weight excluding hydrogens is 594 g/mol. The first kappa shape index (κ1) is 30.0. The number of amides is 1. The first-order chi connectivity index (χ1) is 21.8. The zero-order valence-corrected chi connectivity index (χ0v) is 25.9. The van der Waals surface area contributed by atoms with E-state index in [0.29, 0.717) is 62.4 Å². The number of anilines is 1. The first-order valence-corrected chi connectivity index (χ1v) is 15.4. The third-order valence-electron chi connectivity index (χ3n) is 7.56. The van der Waals surface area contributed by atoms with Gasteiger partial charge in [-0.25, -0.2) is 13.8 Å². The molecule has 45 heavy (non-hydrogen) atoms. The fraction of sp³-hybridized carbons (Fsp3) is 0.143. The third-order valence-corrected chi connectivity index (χ3v) is 8.30. The maximum absolute atomic E-state index is 14.7. The van der Waals surface area contributed by atoms with Crippen LogP contribution >= 0.6 is 11.9 Å². The molecule has 10 heteroatoms. The van der Waals surface area contributed by atoms with Crippen molar-refractivity contribution in [3.63, 3.8) is 0 Å². The molecule has 3 heterocycles. The predicted molar refractivity (Wildman–Crippen MR) is 178 cm³/mol. The second kappa shape index (κ2) is 12.5. The Balaban J connectivity index is 1.60. The summed E-state index contributed by atoms with van der Waals surface area (Å²) in [4.78, 5) is 21.7. The van der Waals surface area contributed by atoms with Gasteiger partial charge in [-0.3, -0.25) is 4.79 Å². The van der Waals surface area contributed by atoms with E-state index in [1.807, 2.05) is 60.9 Å². The number of nitrogens with one attached hydrogen (secondary N) is 2. The van der Waals surface area contributed by atoms with E-state index in [2.05, 4.69) is 10.3 Å². The van der Waals surface area contributed by atoms with Crippen molar-refractivity contribution in [2.45, 2.75) is 6.92 Å². The summed E-state index contributed by atoms with van der Waals surface area (Å²) in [6.45, 7) is 2.41. The summed E-state index contributed by atoms with van der Waals surface area (Å²) in [6.07, 6.45) is 5.39. The van der Waals surface area contributed by atoms with Crippen molar-refractivity contribution in [2.75, 3.05) is 31.3 Å². The Morgan fingerprint density at radius 1 is 1.09 bits per heavy atom. The second-order valence-electron chi connectivity index (χ2n) is 10.2. The summed E-state index contributed by atoms with van der Waals surface area (Å²) < 4.78 is 42.2. The maximum atomic E-state index is 14.7. The van der Waals surface area contributed by atoms with Gasteiger partial charge in [0.15, 0.2) is 0 Å². The topological polar surface area (TPSA) is 83.4 Å². The summed E-state index contributed by atoms with van der Waals surface area (Å²) in [5.41, 5.74) is 6.25. The average molecular weight is 625 g/mol. The molecule has 3 aromatic heterocycles. The number of pyridine rings is 1. The van der Waals surface area contributed by atoms with Crippen molar-refractivity contribution < 1.29 is 22.7 Å². The zero-order valence-electron chi connectivity index (χ0n) is 25.1. The van der Waals surface area contributed by atoms with Gasteiger partial charge in [-0.05, 0) is 67.6 Å². The van der Waals surface area contributed by atoms with Crippen molar-refractivity contribution in [3.05, 3.63) is 102 Å². The number of halogens is 2.